The van der Waals surface area contributed by atoms with E-state index in [9.17, 15) is 14.9 Å². The van der Waals surface area contributed by atoms with Crippen LogP contribution < -0.4 is 4.90 Å². The normalized spacial score (nSPS) is 18.8. The summed E-state index contributed by atoms with van der Waals surface area (Å²) >= 11 is 0. The second kappa shape index (κ2) is 7.38. The number of hydrogen-bond donors (Lipinski definition) is 0. The molecule has 2 aliphatic heterocycles. The summed E-state index contributed by atoms with van der Waals surface area (Å²) in [6.07, 6.45) is 2.74. The van der Waals surface area contributed by atoms with Crippen LogP contribution >= 0.6 is 0 Å². The van der Waals surface area contributed by atoms with Gasteiger partial charge in [0.15, 0.2) is 0 Å². The number of rotatable bonds is 5. The molecule has 1 aromatic heterocycles. The summed E-state index contributed by atoms with van der Waals surface area (Å²) in [6.45, 7) is 6.85. The van der Waals surface area contributed by atoms with Crippen molar-refractivity contribution in [1.29, 1.82) is 0 Å². The van der Waals surface area contributed by atoms with Gasteiger partial charge in [-0.1, -0.05) is 6.92 Å². The van der Waals surface area contributed by atoms with Gasteiger partial charge in [-0.05, 0) is 19.3 Å². The third-order valence-electron chi connectivity index (χ3n) is 5.07. The molecule has 25 heavy (non-hydrogen) atoms. The molecule has 2 fully saturated rings. The molecule has 0 bridgehead atoms. The van der Waals surface area contributed by atoms with E-state index in [0.29, 0.717) is 37.6 Å². The highest BCUT2D eigenvalue weighted by Gasteiger charge is 2.32. The Kier molecular flexibility index (Phi) is 5.22. The first-order valence-electron chi connectivity index (χ1n) is 8.96. The molecule has 1 amide bonds. The number of carbonyl (C=O) groups is 1. The van der Waals surface area contributed by atoms with Gasteiger partial charge in [0.2, 0.25) is 11.7 Å². The molecule has 3 heterocycles. The smallest absolute Gasteiger partial charge is 0.334 e. The van der Waals surface area contributed by atoms with E-state index in [1.165, 1.54) is 0 Å². The van der Waals surface area contributed by atoms with Gasteiger partial charge in [0.1, 0.15) is 5.69 Å². The van der Waals surface area contributed by atoms with Crippen LogP contribution in [0.5, 0.6) is 0 Å². The molecule has 0 saturated carbocycles. The third kappa shape index (κ3) is 3.60. The molecule has 9 heteroatoms. The highest BCUT2D eigenvalue weighted by molar-refractivity contribution is 5.78. The largest absolute Gasteiger partial charge is 0.349 e. The number of hydrogen-bond acceptors (Lipinski definition) is 6. The van der Waals surface area contributed by atoms with Gasteiger partial charge in [0.25, 0.3) is 0 Å². The Labute approximate surface area is 147 Å². The summed E-state index contributed by atoms with van der Waals surface area (Å²) in [5.41, 5.74) is 0.640. The minimum absolute atomic E-state index is 0.117. The number of nitrogens with zero attached hydrogens (tertiary/aromatic N) is 6. The third-order valence-corrected chi connectivity index (χ3v) is 5.07. The zero-order valence-electron chi connectivity index (χ0n) is 15.0. The summed E-state index contributed by atoms with van der Waals surface area (Å²) in [5, 5.41) is 15.8. The number of carbonyl (C=O) groups excluding carboxylic acids is 1. The van der Waals surface area contributed by atoms with Gasteiger partial charge in [0, 0.05) is 46.3 Å². The number of aromatic nitrogens is 2. The van der Waals surface area contributed by atoms with Gasteiger partial charge >= 0.3 is 5.69 Å². The van der Waals surface area contributed by atoms with Crippen molar-refractivity contribution >= 4 is 17.4 Å². The molecule has 2 aliphatic rings. The quantitative estimate of drug-likeness (QED) is 0.572. The molecular formula is C16H26N6O3. The highest BCUT2D eigenvalue weighted by atomic mass is 16.6. The molecule has 0 radical (unpaired) electrons. The number of anilines is 1. The zero-order valence-corrected chi connectivity index (χ0v) is 15.0. The van der Waals surface area contributed by atoms with Crippen LogP contribution in [0.4, 0.5) is 11.5 Å². The van der Waals surface area contributed by atoms with Crippen molar-refractivity contribution in [1.82, 2.24) is 19.6 Å². The minimum Gasteiger partial charge on any atom is -0.349 e. The molecule has 0 aliphatic carbocycles. The number of amides is 1. The van der Waals surface area contributed by atoms with E-state index in [0.717, 1.165) is 39.0 Å². The maximum Gasteiger partial charge on any atom is 0.334 e. The lowest BCUT2D eigenvalue weighted by atomic mass is 10.2. The van der Waals surface area contributed by atoms with Crippen molar-refractivity contribution in [2.45, 2.75) is 26.2 Å². The van der Waals surface area contributed by atoms with Crippen LogP contribution in [0.15, 0.2) is 0 Å². The lowest BCUT2D eigenvalue weighted by molar-refractivity contribution is -0.384. The second-order valence-electron chi connectivity index (χ2n) is 6.70. The van der Waals surface area contributed by atoms with Crippen molar-refractivity contribution in [3.8, 4) is 0 Å². The van der Waals surface area contributed by atoms with Crippen molar-refractivity contribution < 1.29 is 9.72 Å². The molecule has 138 valence electrons. The maximum absolute atomic E-state index is 12.3. The molecule has 2 saturated heterocycles. The van der Waals surface area contributed by atoms with Crippen LogP contribution in [0.2, 0.25) is 0 Å². The van der Waals surface area contributed by atoms with Gasteiger partial charge < -0.3 is 9.80 Å². The fourth-order valence-corrected chi connectivity index (χ4v) is 3.71. The molecule has 0 atom stereocenters. The van der Waals surface area contributed by atoms with Gasteiger partial charge in [-0.25, -0.2) is 4.68 Å². The highest BCUT2D eigenvalue weighted by Crippen LogP contribution is 2.32. The molecule has 9 nitrogen and oxygen atoms in total. The Balaban J connectivity index is 1.63. The first-order valence-corrected chi connectivity index (χ1v) is 8.96. The van der Waals surface area contributed by atoms with Crippen molar-refractivity contribution in [3.63, 3.8) is 0 Å². The summed E-state index contributed by atoms with van der Waals surface area (Å²) in [5.74, 6) is 0.776. The Hall–Kier alpha value is -2.16. The number of aryl methyl sites for hydroxylation is 2. The van der Waals surface area contributed by atoms with Crippen LogP contribution in [0, 0.1) is 10.1 Å². The van der Waals surface area contributed by atoms with Gasteiger partial charge in [-0.15, -0.1) is 0 Å². The van der Waals surface area contributed by atoms with Crippen LogP contribution in [-0.4, -0.2) is 76.2 Å². The predicted molar refractivity (Wildman–Crippen MR) is 93.7 cm³/mol. The standard InChI is InChI=1S/C16H26N6O3/c1-3-13-15(22(24)25)16(18(2)17-13)21-10-8-19(9-11-21)12-14(23)20-6-4-5-7-20/h3-12H2,1-2H3. The van der Waals surface area contributed by atoms with Crippen LogP contribution in [0.25, 0.3) is 0 Å². The molecule has 0 spiro atoms. The van der Waals surface area contributed by atoms with Crippen LogP contribution in [-0.2, 0) is 18.3 Å². The Morgan fingerprint density at radius 3 is 2.36 bits per heavy atom. The maximum atomic E-state index is 12.3. The van der Waals surface area contributed by atoms with Gasteiger partial charge in [-0.3, -0.25) is 19.8 Å². The van der Waals surface area contributed by atoms with Gasteiger partial charge in [0.05, 0.1) is 11.5 Å². The lowest BCUT2D eigenvalue weighted by Gasteiger charge is -2.35. The Bertz CT molecular complexity index is 645. The molecule has 0 unspecified atom stereocenters. The first-order chi connectivity index (χ1) is 12.0. The molecular weight excluding hydrogens is 324 g/mol. The van der Waals surface area contributed by atoms with Crippen LogP contribution in [0.1, 0.15) is 25.5 Å². The van der Waals surface area contributed by atoms with E-state index < -0.39 is 0 Å². The lowest BCUT2D eigenvalue weighted by Crippen LogP contribution is -2.50. The topological polar surface area (TPSA) is 87.8 Å². The van der Waals surface area contributed by atoms with E-state index in [4.69, 9.17) is 0 Å². The first kappa shape index (κ1) is 17.7. The Morgan fingerprint density at radius 2 is 1.80 bits per heavy atom. The molecule has 3 rings (SSSR count). The van der Waals surface area contributed by atoms with Crippen molar-refractivity contribution in [2.75, 3.05) is 50.7 Å². The SMILES string of the molecule is CCc1nn(C)c(N2CCN(CC(=O)N3CCCC3)CC2)c1[N+](=O)[O-]. The van der Waals surface area contributed by atoms with E-state index in [-0.39, 0.29) is 16.5 Å². The predicted octanol–water partition coefficient (Wildman–Crippen LogP) is 0.635. The second-order valence-corrected chi connectivity index (χ2v) is 6.70. The number of likely N-dealkylation sites (tertiary alicyclic amines) is 1. The van der Waals surface area contributed by atoms with Crippen LogP contribution in [0.3, 0.4) is 0 Å². The average molecular weight is 350 g/mol. The van der Waals surface area contributed by atoms with E-state index in [1.807, 2.05) is 16.7 Å². The summed E-state index contributed by atoms with van der Waals surface area (Å²) in [6, 6.07) is 0. The van der Waals surface area contributed by atoms with E-state index in [2.05, 4.69) is 10.00 Å². The summed E-state index contributed by atoms with van der Waals surface area (Å²) in [7, 11) is 1.75. The van der Waals surface area contributed by atoms with E-state index in [1.54, 1.807) is 11.7 Å². The molecule has 0 N–H and O–H groups in total. The summed E-state index contributed by atoms with van der Waals surface area (Å²) in [4.78, 5) is 29.5. The average Bonchev–Trinajstić information content (AvgIpc) is 3.23. The fourth-order valence-electron chi connectivity index (χ4n) is 3.71. The summed E-state index contributed by atoms with van der Waals surface area (Å²) < 4.78 is 1.61. The van der Waals surface area contributed by atoms with E-state index >= 15 is 0 Å². The number of nitro groups is 1. The Morgan fingerprint density at radius 1 is 1.16 bits per heavy atom. The minimum atomic E-state index is -0.329. The zero-order chi connectivity index (χ0) is 18.0. The van der Waals surface area contributed by atoms with Crippen molar-refractivity contribution in [2.24, 2.45) is 7.05 Å². The monoisotopic (exact) mass is 350 g/mol. The van der Waals surface area contributed by atoms with Gasteiger partial charge in [-0.2, -0.15) is 5.10 Å². The fraction of sp³-hybridized carbons (Fsp3) is 0.750. The number of piperazine rings is 1. The van der Waals surface area contributed by atoms with Crippen molar-refractivity contribution in [3.05, 3.63) is 15.8 Å². The molecule has 1 aromatic rings. The molecule has 0 aromatic carbocycles.